The van der Waals surface area contributed by atoms with Crippen LogP contribution in [0.3, 0.4) is 0 Å². The van der Waals surface area contributed by atoms with Crippen molar-refractivity contribution in [2.24, 2.45) is 0 Å². The van der Waals surface area contributed by atoms with Crippen molar-refractivity contribution in [2.75, 3.05) is 0 Å². The summed E-state index contributed by atoms with van der Waals surface area (Å²) in [5, 5.41) is 13.3. The first-order valence-electron chi connectivity index (χ1n) is 7.40. The van der Waals surface area contributed by atoms with Crippen molar-refractivity contribution in [3.8, 4) is 22.6 Å². The third-order valence-electron chi connectivity index (χ3n) is 3.66. The van der Waals surface area contributed by atoms with Crippen LogP contribution in [0.25, 0.3) is 16.8 Å². The molecule has 7 heteroatoms. The van der Waals surface area contributed by atoms with Crippen molar-refractivity contribution >= 4 is 5.97 Å². The van der Waals surface area contributed by atoms with E-state index in [0.717, 1.165) is 0 Å². The maximum Gasteiger partial charge on any atom is 0.387 e. The van der Waals surface area contributed by atoms with Crippen molar-refractivity contribution in [3.05, 3.63) is 66.0 Å². The first-order valence-corrected chi connectivity index (χ1v) is 7.40. The van der Waals surface area contributed by atoms with Crippen molar-refractivity contribution < 1.29 is 23.4 Å². The third kappa shape index (κ3) is 3.50. The lowest BCUT2D eigenvalue weighted by atomic mass is 10.0. The molecule has 0 aliphatic rings. The average Bonchev–Trinajstić information content (AvgIpc) is 2.97. The number of aromatic nitrogens is 2. The number of aromatic carboxylic acids is 1. The minimum absolute atomic E-state index is 0.0345. The summed E-state index contributed by atoms with van der Waals surface area (Å²) in [5.41, 5.74) is 2.14. The zero-order chi connectivity index (χ0) is 18.0. The molecular formula is C18H14F2N2O3. The van der Waals surface area contributed by atoms with Gasteiger partial charge in [0.2, 0.25) is 0 Å². The molecule has 0 bridgehead atoms. The van der Waals surface area contributed by atoms with E-state index in [9.17, 15) is 13.6 Å². The number of rotatable bonds is 5. The van der Waals surface area contributed by atoms with Gasteiger partial charge in [0, 0.05) is 11.8 Å². The molecule has 0 saturated heterocycles. The molecule has 1 heterocycles. The normalized spacial score (nSPS) is 10.9. The molecule has 0 radical (unpaired) electrons. The van der Waals surface area contributed by atoms with Gasteiger partial charge in [-0.15, -0.1) is 0 Å². The van der Waals surface area contributed by atoms with Crippen LogP contribution in [0.1, 0.15) is 16.1 Å². The Hall–Kier alpha value is -3.22. The zero-order valence-corrected chi connectivity index (χ0v) is 13.2. The first kappa shape index (κ1) is 16.6. The molecule has 128 valence electrons. The lowest BCUT2D eigenvalue weighted by Crippen LogP contribution is -2.04. The molecule has 0 amide bonds. The monoisotopic (exact) mass is 344 g/mol. The van der Waals surface area contributed by atoms with Crippen LogP contribution in [0.5, 0.6) is 5.75 Å². The van der Waals surface area contributed by atoms with Crippen molar-refractivity contribution in [1.82, 2.24) is 9.78 Å². The Morgan fingerprint density at radius 2 is 1.92 bits per heavy atom. The van der Waals surface area contributed by atoms with Gasteiger partial charge in [-0.05, 0) is 30.7 Å². The van der Waals surface area contributed by atoms with Crippen LogP contribution >= 0.6 is 0 Å². The maximum atomic E-state index is 12.7. The average molecular weight is 344 g/mol. The largest absolute Gasteiger partial charge is 0.478 e. The molecular weight excluding hydrogens is 330 g/mol. The summed E-state index contributed by atoms with van der Waals surface area (Å²) in [6.45, 7) is -1.36. The molecule has 0 atom stereocenters. The van der Waals surface area contributed by atoms with Crippen LogP contribution in [0.2, 0.25) is 0 Å². The molecule has 0 aliphatic carbocycles. The van der Waals surface area contributed by atoms with Gasteiger partial charge in [0.25, 0.3) is 0 Å². The van der Waals surface area contributed by atoms with E-state index in [0.29, 0.717) is 22.5 Å². The second-order valence-electron chi connectivity index (χ2n) is 5.30. The number of halogens is 2. The summed E-state index contributed by atoms with van der Waals surface area (Å²) in [4.78, 5) is 11.2. The number of carboxylic acids is 1. The number of carboxylic acid groups (broad SMARTS) is 1. The van der Waals surface area contributed by atoms with Gasteiger partial charge in [-0.3, -0.25) is 0 Å². The highest BCUT2D eigenvalue weighted by Gasteiger charge is 2.16. The number of alkyl halides is 2. The molecule has 25 heavy (non-hydrogen) atoms. The first-order chi connectivity index (χ1) is 12.0. The van der Waals surface area contributed by atoms with Crippen LogP contribution in [-0.4, -0.2) is 27.5 Å². The summed E-state index contributed by atoms with van der Waals surface area (Å²) < 4.78 is 31.4. The molecule has 0 saturated carbocycles. The Balaban J connectivity index is 2.11. The molecule has 0 spiro atoms. The van der Waals surface area contributed by atoms with Gasteiger partial charge in [0.1, 0.15) is 11.3 Å². The number of aryl methyl sites for hydroxylation is 1. The standard InChI is InChI=1S/C18H14F2N2O3/c1-11-15(17(23)24)10-22(21-11)13-7-8-16(25-18(19)20)14(9-13)12-5-3-2-4-6-12/h2-10,18H,1H3,(H,23,24). The topological polar surface area (TPSA) is 64.4 Å². The molecule has 2 aromatic carbocycles. The van der Waals surface area contributed by atoms with Crippen molar-refractivity contribution in [3.63, 3.8) is 0 Å². The lowest BCUT2D eigenvalue weighted by Gasteiger charge is -2.13. The summed E-state index contributed by atoms with van der Waals surface area (Å²) in [6.07, 6.45) is 1.38. The van der Waals surface area contributed by atoms with Gasteiger partial charge < -0.3 is 9.84 Å². The highest BCUT2D eigenvalue weighted by Crippen LogP contribution is 2.33. The molecule has 1 aromatic heterocycles. The quantitative estimate of drug-likeness (QED) is 0.755. The van der Waals surface area contributed by atoms with Crippen LogP contribution in [-0.2, 0) is 0 Å². The Labute approximate surface area is 142 Å². The van der Waals surface area contributed by atoms with Gasteiger partial charge in [-0.2, -0.15) is 13.9 Å². The van der Waals surface area contributed by atoms with Crippen molar-refractivity contribution in [2.45, 2.75) is 13.5 Å². The number of nitrogens with zero attached hydrogens (tertiary/aromatic N) is 2. The number of benzene rings is 2. The van der Waals surface area contributed by atoms with Gasteiger partial charge in [0.15, 0.2) is 0 Å². The van der Waals surface area contributed by atoms with E-state index in [2.05, 4.69) is 9.84 Å². The maximum absolute atomic E-state index is 12.7. The lowest BCUT2D eigenvalue weighted by molar-refractivity contribution is -0.0494. The summed E-state index contributed by atoms with van der Waals surface area (Å²) in [7, 11) is 0. The number of ether oxygens (including phenoxy) is 1. The number of hydrogen-bond donors (Lipinski definition) is 1. The Morgan fingerprint density at radius 3 is 2.52 bits per heavy atom. The number of carbonyl (C=O) groups is 1. The molecule has 1 N–H and O–H groups in total. The molecule has 0 fully saturated rings. The molecule has 5 nitrogen and oxygen atoms in total. The molecule has 3 aromatic rings. The van der Waals surface area contributed by atoms with Gasteiger partial charge in [-0.25, -0.2) is 9.48 Å². The second-order valence-corrected chi connectivity index (χ2v) is 5.30. The zero-order valence-electron chi connectivity index (χ0n) is 13.2. The molecule has 3 rings (SSSR count). The second kappa shape index (κ2) is 6.72. The fourth-order valence-corrected chi connectivity index (χ4v) is 2.50. The summed E-state index contributed by atoms with van der Waals surface area (Å²) >= 11 is 0. The van der Waals surface area contributed by atoms with E-state index in [4.69, 9.17) is 5.11 Å². The van der Waals surface area contributed by atoms with E-state index >= 15 is 0 Å². The Morgan fingerprint density at radius 1 is 1.20 bits per heavy atom. The van der Waals surface area contributed by atoms with Crippen LogP contribution in [0.15, 0.2) is 54.7 Å². The summed E-state index contributed by atoms with van der Waals surface area (Å²) in [6, 6.07) is 13.5. The minimum Gasteiger partial charge on any atom is -0.478 e. The fourth-order valence-electron chi connectivity index (χ4n) is 2.50. The fraction of sp³-hybridized carbons (Fsp3) is 0.111. The molecule has 0 unspecified atom stereocenters. The highest BCUT2D eigenvalue weighted by atomic mass is 19.3. The predicted octanol–water partition coefficient (Wildman–Crippen LogP) is 4.15. The van der Waals surface area contributed by atoms with Crippen LogP contribution in [0.4, 0.5) is 8.78 Å². The van der Waals surface area contributed by atoms with E-state index in [1.54, 1.807) is 43.3 Å². The minimum atomic E-state index is -2.95. The van der Waals surface area contributed by atoms with E-state index < -0.39 is 12.6 Å². The third-order valence-corrected chi connectivity index (χ3v) is 3.66. The van der Waals surface area contributed by atoms with E-state index in [-0.39, 0.29) is 11.3 Å². The van der Waals surface area contributed by atoms with Crippen molar-refractivity contribution in [1.29, 1.82) is 0 Å². The van der Waals surface area contributed by atoms with Gasteiger partial charge in [-0.1, -0.05) is 30.3 Å². The predicted molar refractivity (Wildman–Crippen MR) is 87.3 cm³/mol. The Bertz CT molecular complexity index is 908. The van der Waals surface area contributed by atoms with E-state index in [1.165, 1.54) is 16.9 Å². The van der Waals surface area contributed by atoms with Gasteiger partial charge >= 0.3 is 12.6 Å². The molecule has 0 aliphatic heterocycles. The summed E-state index contributed by atoms with van der Waals surface area (Å²) in [5.74, 6) is -1.04. The smallest absolute Gasteiger partial charge is 0.387 e. The SMILES string of the molecule is Cc1nn(-c2ccc(OC(F)F)c(-c3ccccc3)c2)cc1C(=O)O. The Kier molecular flexibility index (Phi) is 4.47. The van der Waals surface area contributed by atoms with E-state index in [1.807, 2.05) is 6.07 Å². The highest BCUT2D eigenvalue weighted by molar-refractivity contribution is 5.88. The number of hydrogen-bond acceptors (Lipinski definition) is 3. The van der Waals surface area contributed by atoms with Crippen LogP contribution in [0, 0.1) is 6.92 Å². The van der Waals surface area contributed by atoms with Gasteiger partial charge in [0.05, 0.1) is 11.4 Å². The van der Waals surface area contributed by atoms with Crippen LogP contribution < -0.4 is 4.74 Å².